The standard InChI is InChI=1S/C15H20N4O2/c1-10(2)13-11(6-5-9-21-13)14(20)17-15-16-12-7-3-4-8-19(12)18-15/h3-4,7-8,10-11,13H,5-6,9H2,1-2H3,(H,17,18,20)/t11-,13-/m0/s1. The van der Waals surface area contributed by atoms with Gasteiger partial charge in [0.05, 0.1) is 12.0 Å². The molecule has 1 amide bonds. The van der Waals surface area contributed by atoms with Gasteiger partial charge in [-0.15, -0.1) is 5.10 Å². The predicted octanol–water partition coefficient (Wildman–Crippen LogP) is 2.12. The molecule has 2 aromatic rings. The number of aromatic nitrogens is 3. The van der Waals surface area contributed by atoms with Crippen LogP contribution in [-0.4, -0.2) is 33.2 Å². The molecule has 1 saturated heterocycles. The van der Waals surface area contributed by atoms with Crippen LogP contribution >= 0.6 is 0 Å². The fourth-order valence-electron chi connectivity index (χ4n) is 2.83. The molecule has 3 heterocycles. The maximum atomic E-state index is 12.5. The first-order chi connectivity index (χ1) is 10.1. The lowest BCUT2D eigenvalue weighted by atomic mass is 9.87. The lowest BCUT2D eigenvalue weighted by Crippen LogP contribution is -2.41. The zero-order valence-electron chi connectivity index (χ0n) is 12.3. The quantitative estimate of drug-likeness (QED) is 0.939. The first kappa shape index (κ1) is 14.0. The summed E-state index contributed by atoms with van der Waals surface area (Å²) in [4.78, 5) is 16.8. The molecular formula is C15H20N4O2. The molecule has 1 fully saturated rings. The van der Waals surface area contributed by atoms with E-state index in [-0.39, 0.29) is 17.9 Å². The van der Waals surface area contributed by atoms with Crippen LogP contribution in [0.15, 0.2) is 24.4 Å². The number of carbonyl (C=O) groups is 1. The third-order valence-corrected chi connectivity index (χ3v) is 3.84. The average molecular weight is 288 g/mol. The van der Waals surface area contributed by atoms with Gasteiger partial charge in [-0.1, -0.05) is 19.9 Å². The molecule has 0 unspecified atom stereocenters. The zero-order chi connectivity index (χ0) is 14.8. The highest BCUT2D eigenvalue weighted by molar-refractivity contribution is 5.91. The van der Waals surface area contributed by atoms with E-state index in [0.717, 1.165) is 19.4 Å². The second-order valence-electron chi connectivity index (χ2n) is 5.76. The minimum atomic E-state index is -0.134. The molecule has 0 aliphatic carbocycles. The summed E-state index contributed by atoms with van der Waals surface area (Å²) >= 11 is 0. The molecule has 3 rings (SSSR count). The number of amides is 1. The predicted molar refractivity (Wildman–Crippen MR) is 78.9 cm³/mol. The Bertz CT molecular complexity index is 604. The van der Waals surface area contributed by atoms with Gasteiger partial charge in [0, 0.05) is 12.8 Å². The van der Waals surface area contributed by atoms with Crippen LogP contribution in [0.1, 0.15) is 26.7 Å². The van der Waals surface area contributed by atoms with Crippen molar-refractivity contribution < 1.29 is 9.53 Å². The fraction of sp³-hybridized carbons (Fsp3) is 0.533. The summed E-state index contributed by atoms with van der Waals surface area (Å²) in [7, 11) is 0. The smallest absolute Gasteiger partial charge is 0.249 e. The van der Waals surface area contributed by atoms with Crippen molar-refractivity contribution in [3.05, 3.63) is 24.4 Å². The number of hydrogen-bond donors (Lipinski definition) is 1. The highest BCUT2D eigenvalue weighted by atomic mass is 16.5. The van der Waals surface area contributed by atoms with Crippen molar-refractivity contribution in [2.75, 3.05) is 11.9 Å². The monoisotopic (exact) mass is 288 g/mol. The van der Waals surface area contributed by atoms with Gasteiger partial charge in [-0.05, 0) is 30.9 Å². The SMILES string of the molecule is CC(C)[C@@H]1OCCC[C@@H]1C(=O)Nc1nc2ccccn2n1. The second-order valence-corrected chi connectivity index (χ2v) is 5.76. The Hall–Kier alpha value is -1.95. The van der Waals surface area contributed by atoms with Gasteiger partial charge in [0.1, 0.15) is 0 Å². The number of anilines is 1. The van der Waals surface area contributed by atoms with Gasteiger partial charge >= 0.3 is 0 Å². The third-order valence-electron chi connectivity index (χ3n) is 3.84. The van der Waals surface area contributed by atoms with Crippen molar-refractivity contribution >= 4 is 17.5 Å². The van der Waals surface area contributed by atoms with Gasteiger partial charge in [0.25, 0.3) is 0 Å². The molecule has 0 aromatic carbocycles. The Labute approximate surface area is 123 Å². The molecule has 1 aliphatic heterocycles. The van der Waals surface area contributed by atoms with Crippen LogP contribution in [0, 0.1) is 11.8 Å². The van der Waals surface area contributed by atoms with E-state index in [1.54, 1.807) is 10.7 Å². The average Bonchev–Trinajstić information content (AvgIpc) is 2.89. The van der Waals surface area contributed by atoms with Crippen molar-refractivity contribution in [3.8, 4) is 0 Å². The highest BCUT2D eigenvalue weighted by Crippen LogP contribution is 2.27. The number of carbonyl (C=O) groups excluding carboxylic acids is 1. The molecule has 1 N–H and O–H groups in total. The first-order valence-electron chi connectivity index (χ1n) is 7.39. The molecule has 6 nitrogen and oxygen atoms in total. The van der Waals surface area contributed by atoms with E-state index in [2.05, 4.69) is 29.2 Å². The second kappa shape index (κ2) is 5.81. The molecule has 2 atom stereocenters. The van der Waals surface area contributed by atoms with Crippen LogP contribution in [0.3, 0.4) is 0 Å². The maximum absolute atomic E-state index is 12.5. The number of pyridine rings is 1. The molecular weight excluding hydrogens is 268 g/mol. The largest absolute Gasteiger partial charge is 0.377 e. The van der Waals surface area contributed by atoms with Gasteiger partial charge in [0.15, 0.2) is 5.65 Å². The van der Waals surface area contributed by atoms with Crippen molar-refractivity contribution in [2.45, 2.75) is 32.8 Å². The molecule has 0 radical (unpaired) electrons. The topological polar surface area (TPSA) is 68.5 Å². The molecule has 0 bridgehead atoms. The van der Waals surface area contributed by atoms with E-state index in [1.807, 2.05) is 18.2 Å². The van der Waals surface area contributed by atoms with Crippen molar-refractivity contribution in [1.82, 2.24) is 14.6 Å². The van der Waals surface area contributed by atoms with Crippen LogP contribution in [0.25, 0.3) is 5.65 Å². The maximum Gasteiger partial charge on any atom is 0.249 e. The van der Waals surface area contributed by atoms with Gasteiger partial charge in [-0.2, -0.15) is 4.98 Å². The highest BCUT2D eigenvalue weighted by Gasteiger charge is 2.34. The Morgan fingerprint density at radius 1 is 1.48 bits per heavy atom. The van der Waals surface area contributed by atoms with E-state index in [0.29, 0.717) is 17.5 Å². The number of rotatable bonds is 3. The summed E-state index contributed by atoms with van der Waals surface area (Å²) in [5.41, 5.74) is 0.716. The van der Waals surface area contributed by atoms with E-state index in [9.17, 15) is 4.79 Å². The van der Waals surface area contributed by atoms with Crippen LogP contribution in [0.4, 0.5) is 5.95 Å². The van der Waals surface area contributed by atoms with Gasteiger partial charge < -0.3 is 4.74 Å². The lowest BCUT2D eigenvalue weighted by Gasteiger charge is -2.33. The van der Waals surface area contributed by atoms with Crippen LogP contribution in [0.2, 0.25) is 0 Å². The summed E-state index contributed by atoms with van der Waals surface area (Å²) in [5, 5.41) is 7.07. The van der Waals surface area contributed by atoms with Crippen LogP contribution < -0.4 is 5.32 Å². The molecule has 2 aromatic heterocycles. The Morgan fingerprint density at radius 3 is 3.10 bits per heavy atom. The number of ether oxygens (including phenoxy) is 1. The number of nitrogens with one attached hydrogen (secondary N) is 1. The number of fused-ring (bicyclic) bond motifs is 1. The lowest BCUT2D eigenvalue weighted by molar-refractivity contribution is -0.131. The Balaban J connectivity index is 1.75. The van der Waals surface area contributed by atoms with Gasteiger partial charge in [0.2, 0.25) is 11.9 Å². The normalized spacial score (nSPS) is 22.6. The molecule has 6 heteroatoms. The van der Waals surface area contributed by atoms with Crippen LogP contribution in [-0.2, 0) is 9.53 Å². The van der Waals surface area contributed by atoms with E-state index >= 15 is 0 Å². The number of nitrogens with zero attached hydrogens (tertiary/aromatic N) is 3. The molecule has 1 aliphatic rings. The Morgan fingerprint density at radius 2 is 2.33 bits per heavy atom. The summed E-state index contributed by atoms with van der Waals surface area (Å²) in [5.74, 6) is 0.476. The molecule has 0 spiro atoms. The van der Waals surface area contributed by atoms with Crippen LogP contribution in [0.5, 0.6) is 0 Å². The summed E-state index contributed by atoms with van der Waals surface area (Å²) in [6, 6.07) is 5.61. The summed E-state index contributed by atoms with van der Waals surface area (Å²) in [6.45, 7) is 4.90. The fourth-order valence-corrected chi connectivity index (χ4v) is 2.83. The van der Waals surface area contributed by atoms with Crippen molar-refractivity contribution in [1.29, 1.82) is 0 Å². The minimum absolute atomic E-state index is 0.0317. The Kier molecular flexibility index (Phi) is 3.88. The van der Waals surface area contributed by atoms with Gasteiger partial charge in [-0.25, -0.2) is 4.52 Å². The van der Waals surface area contributed by atoms with E-state index in [1.165, 1.54) is 0 Å². The molecule has 21 heavy (non-hydrogen) atoms. The summed E-state index contributed by atoms with van der Waals surface area (Å²) in [6.07, 6.45) is 3.54. The zero-order valence-corrected chi connectivity index (χ0v) is 12.3. The third kappa shape index (κ3) is 2.90. The summed E-state index contributed by atoms with van der Waals surface area (Å²) < 4.78 is 7.41. The first-order valence-corrected chi connectivity index (χ1v) is 7.39. The molecule has 0 saturated carbocycles. The van der Waals surface area contributed by atoms with Crippen molar-refractivity contribution in [2.24, 2.45) is 11.8 Å². The van der Waals surface area contributed by atoms with Crippen molar-refractivity contribution in [3.63, 3.8) is 0 Å². The van der Waals surface area contributed by atoms with E-state index < -0.39 is 0 Å². The van der Waals surface area contributed by atoms with E-state index in [4.69, 9.17) is 4.74 Å². The minimum Gasteiger partial charge on any atom is -0.377 e. The van der Waals surface area contributed by atoms with Gasteiger partial charge in [-0.3, -0.25) is 10.1 Å². The number of hydrogen-bond acceptors (Lipinski definition) is 4. The molecule has 112 valence electrons.